The molecule has 1 aromatic heterocycles. The highest BCUT2D eigenvalue weighted by atomic mass is 16.5. The van der Waals surface area contributed by atoms with Crippen LogP contribution in [0.4, 0.5) is 5.82 Å². The van der Waals surface area contributed by atoms with Crippen LogP contribution in [0.15, 0.2) is 18.3 Å². The molecule has 5 heteroatoms. The summed E-state index contributed by atoms with van der Waals surface area (Å²) in [6.07, 6.45) is 5.03. The molecule has 0 spiro atoms. The lowest BCUT2D eigenvalue weighted by Gasteiger charge is -2.21. The Labute approximate surface area is 113 Å². The lowest BCUT2D eigenvalue weighted by atomic mass is 10.2. The van der Waals surface area contributed by atoms with Gasteiger partial charge in [-0.15, -0.1) is 0 Å². The summed E-state index contributed by atoms with van der Waals surface area (Å²) in [6.45, 7) is 2.15. The summed E-state index contributed by atoms with van der Waals surface area (Å²) in [5.74, 6) is 0.236. The summed E-state index contributed by atoms with van der Waals surface area (Å²) >= 11 is 0. The van der Waals surface area contributed by atoms with Crippen molar-refractivity contribution >= 4 is 11.8 Å². The van der Waals surface area contributed by atoms with E-state index in [2.05, 4.69) is 10.3 Å². The fourth-order valence-electron chi connectivity index (χ4n) is 2.44. The van der Waals surface area contributed by atoms with Gasteiger partial charge in [0.05, 0.1) is 18.8 Å². The van der Waals surface area contributed by atoms with Gasteiger partial charge in [-0.2, -0.15) is 0 Å². The Morgan fingerprint density at radius 2 is 2.37 bits per heavy atom. The molecule has 104 valence electrons. The van der Waals surface area contributed by atoms with Crippen LogP contribution in [0, 0.1) is 0 Å². The van der Waals surface area contributed by atoms with Crippen LogP contribution < -0.4 is 5.32 Å². The van der Waals surface area contributed by atoms with E-state index < -0.39 is 0 Å². The number of pyridine rings is 1. The molecule has 1 aliphatic rings. The highest BCUT2D eigenvalue weighted by Crippen LogP contribution is 2.25. The molecular weight excluding hydrogens is 244 g/mol. The van der Waals surface area contributed by atoms with E-state index in [-0.39, 0.29) is 18.1 Å². The smallest absolute Gasteiger partial charge is 0.341 e. The SMILES string of the molecule is CCOC(=O)c1cccnc1NC1CCCC1OC. The van der Waals surface area contributed by atoms with Crippen LogP contribution in [0.3, 0.4) is 0 Å². The summed E-state index contributed by atoms with van der Waals surface area (Å²) in [4.78, 5) is 16.1. The monoisotopic (exact) mass is 264 g/mol. The number of esters is 1. The van der Waals surface area contributed by atoms with Crippen LogP contribution in [0.25, 0.3) is 0 Å². The minimum atomic E-state index is -0.343. The highest BCUT2D eigenvalue weighted by molar-refractivity contribution is 5.94. The molecule has 0 aromatic carbocycles. The second-order valence-corrected chi connectivity index (χ2v) is 4.58. The van der Waals surface area contributed by atoms with Gasteiger partial charge in [-0.1, -0.05) is 0 Å². The molecule has 2 unspecified atom stereocenters. The maximum Gasteiger partial charge on any atom is 0.341 e. The molecule has 1 fully saturated rings. The highest BCUT2D eigenvalue weighted by Gasteiger charge is 2.28. The molecule has 5 nitrogen and oxygen atoms in total. The summed E-state index contributed by atoms with van der Waals surface area (Å²) < 4.78 is 10.5. The Balaban J connectivity index is 2.13. The first-order valence-electron chi connectivity index (χ1n) is 6.67. The molecule has 1 saturated carbocycles. The quantitative estimate of drug-likeness (QED) is 0.826. The first-order chi connectivity index (χ1) is 9.26. The van der Waals surface area contributed by atoms with Gasteiger partial charge in [0.15, 0.2) is 0 Å². The Hall–Kier alpha value is -1.62. The van der Waals surface area contributed by atoms with E-state index in [9.17, 15) is 4.79 Å². The van der Waals surface area contributed by atoms with Gasteiger partial charge in [0.2, 0.25) is 0 Å². The molecule has 2 atom stereocenters. The second kappa shape index (κ2) is 6.52. The van der Waals surface area contributed by atoms with E-state index in [1.165, 1.54) is 0 Å². The first-order valence-corrected chi connectivity index (χ1v) is 6.67. The fourth-order valence-corrected chi connectivity index (χ4v) is 2.44. The van der Waals surface area contributed by atoms with Crippen molar-refractivity contribution in [3.8, 4) is 0 Å². The minimum Gasteiger partial charge on any atom is -0.462 e. The number of hydrogen-bond acceptors (Lipinski definition) is 5. The van der Waals surface area contributed by atoms with Crippen molar-refractivity contribution in [3.05, 3.63) is 23.9 Å². The number of carbonyl (C=O) groups excluding carboxylic acids is 1. The zero-order chi connectivity index (χ0) is 13.7. The van der Waals surface area contributed by atoms with Crippen molar-refractivity contribution < 1.29 is 14.3 Å². The van der Waals surface area contributed by atoms with E-state index in [1.807, 2.05) is 0 Å². The number of nitrogens with one attached hydrogen (secondary N) is 1. The molecule has 0 saturated heterocycles. The summed E-state index contributed by atoms with van der Waals surface area (Å²) in [5.41, 5.74) is 0.478. The molecule has 0 amide bonds. The molecule has 2 rings (SSSR count). The lowest BCUT2D eigenvalue weighted by molar-refractivity contribution is 0.0526. The van der Waals surface area contributed by atoms with E-state index in [0.29, 0.717) is 18.0 Å². The largest absolute Gasteiger partial charge is 0.462 e. The molecule has 1 N–H and O–H groups in total. The van der Waals surface area contributed by atoms with Gasteiger partial charge in [0.1, 0.15) is 11.4 Å². The summed E-state index contributed by atoms with van der Waals surface area (Å²) in [5, 5.41) is 3.31. The Morgan fingerprint density at radius 1 is 1.53 bits per heavy atom. The minimum absolute atomic E-state index is 0.178. The van der Waals surface area contributed by atoms with Crippen LogP contribution >= 0.6 is 0 Å². The topological polar surface area (TPSA) is 60.5 Å². The van der Waals surface area contributed by atoms with Crippen LogP contribution in [0.2, 0.25) is 0 Å². The summed E-state index contributed by atoms with van der Waals surface area (Å²) in [7, 11) is 1.72. The predicted octanol–water partition coefficient (Wildman–Crippen LogP) is 2.24. The van der Waals surface area contributed by atoms with E-state index in [4.69, 9.17) is 9.47 Å². The molecule has 1 heterocycles. The number of methoxy groups -OCH3 is 1. The van der Waals surface area contributed by atoms with Crippen molar-refractivity contribution in [2.75, 3.05) is 19.0 Å². The van der Waals surface area contributed by atoms with Gasteiger partial charge in [-0.3, -0.25) is 0 Å². The number of rotatable bonds is 5. The standard InChI is InChI=1S/C14H20N2O3/c1-3-19-14(17)10-6-5-9-15-13(10)16-11-7-4-8-12(11)18-2/h5-6,9,11-12H,3-4,7-8H2,1-2H3,(H,15,16). The van der Waals surface area contributed by atoms with Crippen molar-refractivity contribution in [1.29, 1.82) is 0 Å². The van der Waals surface area contributed by atoms with Gasteiger partial charge in [0.25, 0.3) is 0 Å². The van der Waals surface area contributed by atoms with E-state index in [1.54, 1.807) is 32.4 Å². The third kappa shape index (κ3) is 3.23. The number of hydrogen-bond donors (Lipinski definition) is 1. The number of nitrogens with zero attached hydrogens (tertiary/aromatic N) is 1. The maximum absolute atomic E-state index is 11.9. The lowest BCUT2D eigenvalue weighted by Crippen LogP contribution is -2.31. The molecule has 1 aliphatic carbocycles. The van der Waals surface area contributed by atoms with Gasteiger partial charge in [-0.25, -0.2) is 9.78 Å². The van der Waals surface area contributed by atoms with Gasteiger partial charge in [-0.05, 0) is 38.3 Å². The third-order valence-corrected chi connectivity index (χ3v) is 3.38. The fraction of sp³-hybridized carbons (Fsp3) is 0.571. The number of anilines is 1. The molecule has 0 radical (unpaired) electrons. The van der Waals surface area contributed by atoms with Crippen LogP contribution in [-0.4, -0.2) is 36.8 Å². The van der Waals surface area contributed by atoms with Crippen LogP contribution in [0.1, 0.15) is 36.5 Å². The Morgan fingerprint density at radius 3 is 3.11 bits per heavy atom. The average molecular weight is 264 g/mol. The zero-order valence-electron chi connectivity index (χ0n) is 11.4. The summed E-state index contributed by atoms with van der Waals surface area (Å²) in [6, 6.07) is 3.66. The number of carbonyl (C=O) groups is 1. The molecule has 0 aliphatic heterocycles. The van der Waals surface area contributed by atoms with Crippen molar-refractivity contribution in [2.45, 2.75) is 38.3 Å². The number of ether oxygens (including phenoxy) is 2. The second-order valence-electron chi connectivity index (χ2n) is 4.58. The normalized spacial score (nSPS) is 22.2. The molecule has 19 heavy (non-hydrogen) atoms. The van der Waals surface area contributed by atoms with Crippen LogP contribution in [-0.2, 0) is 9.47 Å². The maximum atomic E-state index is 11.9. The van der Waals surface area contributed by atoms with Gasteiger partial charge < -0.3 is 14.8 Å². The van der Waals surface area contributed by atoms with Crippen molar-refractivity contribution in [1.82, 2.24) is 4.98 Å². The van der Waals surface area contributed by atoms with Gasteiger partial charge >= 0.3 is 5.97 Å². The van der Waals surface area contributed by atoms with Crippen molar-refractivity contribution in [3.63, 3.8) is 0 Å². The van der Waals surface area contributed by atoms with Gasteiger partial charge in [0, 0.05) is 13.3 Å². The Bertz CT molecular complexity index is 436. The number of aromatic nitrogens is 1. The van der Waals surface area contributed by atoms with Crippen molar-refractivity contribution in [2.24, 2.45) is 0 Å². The Kier molecular flexibility index (Phi) is 4.74. The predicted molar refractivity (Wildman–Crippen MR) is 72.3 cm³/mol. The average Bonchev–Trinajstić information content (AvgIpc) is 2.87. The zero-order valence-corrected chi connectivity index (χ0v) is 11.4. The van der Waals surface area contributed by atoms with Crippen LogP contribution in [0.5, 0.6) is 0 Å². The van der Waals surface area contributed by atoms with E-state index in [0.717, 1.165) is 19.3 Å². The van der Waals surface area contributed by atoms with E-state index >= 15 is 0 Å². The molecule has 1 aromatic rings. The first kappa shape index (κ1) is 13.8. The molecule has 0 bridgehead atoms. The third-order valence-electron chi connectivity index (χ3n) is 3.38. The molecular formula is C14H20N2O3.